The summed E-state index contributed by atoms with van der Waals surface area (Å²) >= 11 is 0. The molecule has 1 aromatic heterocycles. The first kappa shape index (κ1) is 18.2. The minimum absolute atomic E-state index is 0.249. The van der Waals surface area contributed by atoms with E-state index in [9.17, 15) is 9.50 Å². The van der Waals surface area contributed by atoms with Crippen LogP contribution in [-0.2, 0) is 6.54 Å². The fourth-order valence-corrected chi connectivity index (χ4v) is 4.37. The lowest BCUT2D eigenvalue weighted by atomic mass is 9.78. The quantitative estimate of drug-likeness (QED) is 0.875. The predicted octanol–water partition coefficient (Wildman–Crippen LogP) is 2.88. The number of pyridine rings is 1. The van der Waals surface area contributed by atoms with Gasteiger partial charge in [0.1, 0.15) is 23.4 Å². The minimum Gasteiger partial charge on any atom is -0.495 e. The van der Waals surface area contributed by atoms with Crippen molar-refractivity contribution >= 4 is 0 Å². The zero-order valence-electron chi connectivity index (χ0n) is 15.4. The van der Waals surface area contributed by atoms with Crippen LogP contribution >= 0.6 is 0 Å². The van der Waals surface area contributed by atoms with Gasteiger partial charge in [-0.3, -0.25) is 9.88 Å². The number of fused-ring (bicyclic) bond motifs is 1. The highest BCUT2D eigenvalue weighted by molar-refractivity contribution is 5.27. The van der Waals surface area contributed by atoms with Gasteiger partial charge in [-0.25, -0.2) is 4.39 Å². The van der Waals surface area contributed by atoms with E-state index in [1.807, 2.05) is 12.1 Å². The van der Waals surface area contributed by atoms with Gasteiger partial charge in [-0.05, 0) is 61.1 Å². The van der Waals surface area contributed by atoms with Gasteiger partial charge < -0.3 is 14.6 Å². The van der Waals surface area contributed by atoms with Crippen molar-refractivity contribution in [3.8, 4) is 11.5 Å². The molecule has 0 amide bonds. The van der Waals surface area contributed by atoms with Crippen LogP contribution in [0.2, 0.25) is 0 Å². The second-order valence-corrected chi connectivity index (χ2v) is 7.52. The summed E-state index contributed by atoms with van der Waals surface area (Å²) in [6.07, 6.45) is 2.57. The van der Waals surface area contributed by atoms with E-state index in [1.54, 1.807) is 25.4 Å². The van der Waals surface area contributed by atoms with Crippen LogP contribution in [-0.4, -0.2) is 47.4 Å². The van der Waals surface area contributed by atoms with E-state index < -0.39 is 6.10 Å². The number of benzene rings is 1. The molecule has 6 heteroatoms. The van der Waals surface area contributed by atoms with Gasteiger partial charge in [-0.2, -0.15) is 0 Å². The number of hydrogen-bond acceptors (Lipinski definition) is 5. The Kier molecular flexibility index (Phi) is 5.27. The molecule has 0 unspecified atom stereocenters. The third-order valence-corrected chi connectivity index (χ3v) is 5.70. The van der Waals surface area contributed by atoms with E-state index in [0.717, 1.165) is 43.9 Å². The Balaban J connectivity index is 1.39. The van der Waals surface area contributed by atoms with Gasteiger partial charge in [-0.15, -0.1) is 0 Å². The van der Waals surface area contributed by atoms with Crippen LogP contribution < -0.4 is 9.47 Å². The molecule has 4 atom stereocenters. The number of ether oxygens (including phenoxy) is 2. The number of aromatic nitrogens is 1. The summed E-state index contributed by atoms with van der Waals surface area (Å²) in [5.41, 5.74) is 0.943. The Hall–Kier alpha value is -2.18. The first-order chi connectivity index (χ1) is 13.1. The van der Waals surface area contributed by atoms with Crippen molar-refractivity contribution in [2.75, 3.05) is 20.2 Å². The lowest BCUT2D eigenvalue weighted by Crippen LogP contribution is -2.42. The van der Waals surface area contributed by atoms with Crippen LogP contribution in [0.1, 0.15) is 18.5 Å². The molecule has 1 aliphatic heterocycles. The van der Waals surface area contributed by atoms with Crippen LogP contribution in [0.25, 0.3) is 0 Å². The average Bonchev–Trinajstić information content (AvgIpc) is 3.05. The van der Waals surface area contributed by atoms with E-state index in [0.29, 0.717) is 17.6 Å². The van der Waals surface area contributed by atoms with Crippen LogP contribution in [0.15, 0.2) is 42.6 Å². The van der Waals surface area contributed by atoms with Gasteiger partial charge in [0.05, 0.1) is 18.9 Å². The van der Waals surface area contributed by atoms with E-state index in [-0.39, 0.29) is 11.9 Å². The largest absolute Gasteiger partial charge is 0.495 e. The topological polar surface area (TPSA) is 54.8 Å². The Labute approximate surface area is 158 Å². The molecule has 27 heavy (non-hydrogen) atoms. The van der Waals surface area contributed by atoms with Crippen molar-refractivity contribution in [2.45, 2.75) is 31.6 Å². The third-order valence-electron chi connectivity index (χ3n) is 5.70. The normalized spacial score (nSPS) is 28.0. The summed E-state index contributed by atoms with van der Waals surface area (Å²) in [6.45, 7) is 2.65. The van der Waals surface area contributed by atoms with Crippen LogP contribution in [0, 0.1) is 17.7 Å². The van der Waals surface area contributed by atoms with E-state index in [4.69, 9.17) is 9.47 Å². The molecule has 2 heterocycles. The number of aliphatic hydroxyl groups is 1. The third kappa shape index (κ3) is 4.06. The molecule has 1 aliphatic carbocycles. The summed E-state index contributed by atoms with van der Waals surface area (Å²) in [5.74, 6) is 2.07. The Morgan fingerprint density at radius 3 is 2.63 bits per heavy atom. The van der Waals surface area contributed by atoms with Crippen LogP contribution in [0.3, 0.4) is 0 Å². The first-order valence-electron chi connectivity index (χ1n) is 9.43. The van der Waals surface area contributed by atoms with E-state index in [1.165, 1.54) is 12.1 Å². The number of methoxy groups -OCH3 is 1. The smallest absolute Gasteiger partial charge is 0.141 e. The lowest BCUT2D eigenvalue weighted by molar-refractivity contribution is -0.0231. The number of likely N-dealkylation sites (tertiary alicyclic amines) is 1. The molecule has 2 aromatic rings. The SMILES string of the molecule is COc1cccnc1CN1C[C@H]2C[C@@H](Oc3ccc(F)cc3)[C@H](O)C[C@H]2C1. The molecule has 0 spiro atoms. The van der Waals surface area contributed by atoms with Crippen molar-refractivity contribution in [3.05, 3.63) is 54.1 Å². The zero-order chi connectivity index (χ0) is 18.8. The number of halogens is 1. The highest BCUT2D eigenvalue weighted by Gasteiger charge is 2.42. The van der Waals surface area contributed by atoms with Crippen molar-refractivity contribution in [1.29, 1.82) is 0 Å². The highest BCUT2D eigenvalue weighted by atomic mass is 19.1. The molecular formula is C21H25FN2O3. The molecule has 1 N–H and O–H groups in total. The monoisotopic (exact) mass is 372 g/mol. The fraction of sp³-hybridized carbons (Fsp3) is 0.476. The van der Waals surface area contributed by atoms with Crippen molar-refractivity contribution in [3.63, 3.8) is 0 Å². The van der Waals surface area contributed by atoms with Gasteiger partial charge in [0.2, 0.25) is 0 Å². The molecule has 0 bridgehead atoms. The fourth-order valence-electron chi connectivity index (χ4n) is 4.37. The van der Waals surface area contributed by atoms with Crippen LogP contribution in [0.4, 0.5) is 4.39 Å². The maximum Gasteiger partial charge on any atom is 0.141 e. The molecule has 5 nitrogen and oxygen atoms in total. The average molecular weight is 372 g/mol. The molecule has 1 saturated carbocycles. The Morgan fingerprint density at radius 1 is 1.15 bits per heavy atom. The predicted molar refractivity (Wildman–Crippen MR) is 99.1 cm³/mol. The van der Waals surface area contributed by atoms with Crippen molar-refractivity contribution in [1.82, 2.24) is 9.88 Å². The second kappa shape index (κ2) is 7.82. The maximum absolute atomic E-state index is 13.1. The first-order valence-corrected chi connectivity index (χ1v) is 9.43. The standard InChI is InChI=1S/C21H25FN2O3/c1-26-20-3-2-8-23-18(20)13-24-11-14-9-19(25)21(10-15(14)12-24)27-17-6-4-16(22)5-7-17/h2-8,14-15,19,21,25H,9-13H2,1H3/t14-,15+,19+,21+/m0/s1. The van der Waals surface area contributed by atoms with E-state index in [2.05, 4.69) is 9.88 Å². The number of hydrogen-bond donors (Lipinski definition) is 1. The van der Waals surface area contributed by atoms with Crippen LogP contribution in [0.5, 0.6) is 11.5 Å². The number of aliphatic hydroxyl groups excluding tert-OH is 1. The summed E-state index contributed by atoms with van der Waals surface area (Å²) in [4.78, 5) is 6.83. The highest BCUT2D eigenvalue weighted by Crippen LogP contribution is 2.38. The number of rotatable bonds is 5. The molecule has 1 saturated heterocycles. The van der Waals surface area contributed by atoms with Crippen molar-refractivity contribution in [2.24, 2.45) is 11.8 Å². The summed E-state index contributed by atoms with van der Waals surface area (Å²) in [5, 5.41) is 10.5. The molecule has 1 aromatic carbocycles. The number of nitrogens with zero attached hydrogens (tertiary/aromatic N) is 2. The zero-order valence-corrected chi connectivity index (χ0v) is 15.4. The molecular weight excluding hydrogens is 347 g/mol. The molecule has 0 radical (unpaired) electrons. The summed E-state index contributed by atoms with van der Waals surface area (Å²) in [6, 6.07) is 9.79. The Bertz CT molecular complexity index is 770. The summed E-state index contributed by atoms with van der Waals surface area (Å²) in [7, 11) is 1.66. The van der Waals surface area contributed by atoms with Gasteiger partial charge in [0, 0.05) is 25.8 Å². The molecule has 2 fully saturated rings. The van der Waals surface area contributed by atoms with Crippen molar-refractivity contribution < 1.29 is 19.0 Å². The van der Waals surface area contributed by atoms with Gasteiger partial charge in [-0.1, -0.05) is 0 Å². The lowest BCUT2D eigenvalue weighted by Gasteiger charge is -2.35. The second-order valence-electron chi connectivity index (χ2n) is 7.52. The van der Waals surface area contributed by atoms with Gasteiger partial charge >= 0.3 is 0 Å². The molecule has 4 rings (SSSR count). The van der Waals surface area contributed by atoms with Gasteiger partial charge in [0.15, 0.2) is 0 Å². The Morgan fingerprint density at radius 2 is 1.89 bits per heavy atom. The minimum atomic E-state index is -0.499. The summed E-state index contributed by atoms with van der Waals surface area (Å²) < 4.78 is 24.4. The molecule has 2 aliphatic rings. The van der Waals surface area contributed by atoms with E-state index >= 15 is 0 Å². The maximum atomic E-state index is 13.1. The molecule has 144 valence electrons. The van der Waals surface area contributed by atoms with Gasteiger partial charge in [0.25, 0.3) is 0 Å².